The number of piperidine rings is 1. The molecule has 5 rings (SSSR count). The van der Waals surface area contributed by atoms with Crippen LogP contribution in [0.5, 0.6) is 0 Å². The van der Waals surface area contributed by atoms with Crippen LogP contribution in [0.15, 0.2) is 64.1 Å². The number of nitrogens with zero attached hydrogens (tertiary/aromatic N) is 5. The van der Waals surface area contributed by atoms with Crippen LogP contribution in [0.1, 0.15) is 12.8 Å². The Morgan fingerprint density at radius 2 is 2.00 bits per heavy atom. The van der Waals surface area contributed by atoms with Gasteiger partial charge >= 0.3 is 0 Å². The zero-order chi connectivity index (χ0) is 22.1. The maximum atomic E-state index is 12.9. The summed E-state index contributed by atoms with van der Waals surface area (Å²) in [6.07, 6.45) is 4.77. The number of anilines is 2. The number of aromatic nitrogens is 4. The molecule has 4 aromatic rings. The number of hydrogen-bond donors (Lipinski definition) is 1. The molecule has 0 unspecified atom stereocenters. The SMILES string of the molecule is Cn1ncc(N2CCC(C(=O)Nc3cccc(-c4nc5ncccc5o4)c3)CC2)cc1=O. The van der Waals surface area contributed by atoms with Crippen LogP contribution < -0.4 is 15.8 Å². The monoisotopic (exact) mass is 430 g/mol. The summed E-state index contributed by atoms with van der Waals surface area (Å²) in [7, 11) is 1.62. The number of pyridine rings is 1. The Hall–Kier alpha value is -4.01. The van der Waals surface area contributed by atoms with Crippen molar-refractivity contribution >= 4 is 28.5 Å². The molecule has 0 spiro atoms. The van der Waals surface area contributed by atoms with E-state index in [2.05, 4.69) is 25.3 Å². The van der Waals surface area contributed by atoms with Crippen LogP contribution in [-0.4, -0.2) is 38.7 Å². The van der Waals surface area contributed by atoms with Crippen molar-refractivity contribution in [1.29, 1.82) is 0 Å². The van der Waals surface area contributed by atoms with Gasteiger partial charge in [0.2, 0.25) is 11.8 Å². The fourth-order valence-electron chi connectivity index (χ4n) is 3.90. The van der Waals surface area contributed by atoms with E-state index in [1.165, 1.54) is 4.68 Å². The van der Waals surface area contributed by atoms with Crippen LogP contribution in [0.3, 0.4) is 0 Å². The number of rotatable bonds is 4. The molecule has 1 aliphatic rings. The van der Waals surface area contributed by atoms with Crippen molar-refractivity contribution < 1.29 is 9.21 Å². The van der Waals surface area contributed by atoms with Gasteiger partial charge in [0.15, 0.2) is 11.2 Å². The summed E-state index contributed by atoms with van der Waals surface area (Å²) in [6, 6.07) is 12.6. The summed E-state index contributed by atoms with van der Waals surface area (Å²) in [4.78, 5) is 35.4. The molecule has 1 aromatic carbocycles. The van der Waals surface area contributed by atoms with Gasteiger partial charge in [0, 0.05) is 49.6 Å². The molecule has 9 nitrogen and oxygen atoms in total. The summed E-state index contributed by atoms with van der Waals surface area (Å²) in [5.41, 5.74) is 3.30. The van der Waals surface area contributed by atoms with Gasteiger partial charge in [-0.1, -0.05) is 6.07 Å². The molecular weight excluding hydrogens is 408 g/mol. The number of amides is 1. The van der Waals surface area contributed by atoms with Crippen LogP contribution >= 0.6 is 0 Å². The number of hydrogen-bond acceptors (Lipinski definition) is 7. The molecule has 0 aliphatic carbocycles. The molecule has 1 fully saturated rings. The van der Waals surface area contributed by atoms with Gasteiger partial charge in [-0.25, -0.2) is 9.67 Å². The van der Waals surface area contributed by atoms with Crippen LogP contribution in [0.25, 0.3) is 22.7 Å². The lowest BCUT2D eigenvalue weighted by Crippen LogP contribution is -2.39. The molecule has 1 amide bonds. The van der Waals surface area contributed by atoms with E-state index in [-0.39, 0.29) is 17.4 Å². The molecule has 32 heavy (non-hydrogen) atoms. The second-order valence-electron chi connectivity index (χ2n) is 7.85. The first kappa shape index (κ1) is 19.9. The summed E-state index contributed by atoms with van der Waals surface area (Å²) in [6.45, 7) is 1.39. The second kappa shape index (κ2) is 8.26. The minimum absolute atomic E-state index is 0.0110. The Balaban J connectivity index is 1.24. The smallest absolute Gasteiger partial charge is 0.268 e. The maximum Gasteiger partial charge on any atom is 0.268 e. The van der Waals surface area contributed by atoms with Gasteiger partial charge in [0.1, 0.15) is 0 Å². The molecule has 9 heteroatoms. The molecule has 0 radical (unpaired) electrons. The van der Waals surface area contributed by atoms with Crippen LogP contribution in [0.4, 0.5) is 11.4 Å². The van der Waals surface area contributed by atoms with Crippen molar-refractivity contribution in [3.05, 3.63) is 65.2 Å². The molecule has 1 aliphatic heterocycles. The van der Waals surface area contributed by atoms with Crippen LogP contribution in [0.2, 0.25) is 0 Å². The zero-order valence-electron chi connectivity index (χ0n) is 17.6. The standard InChI is InChI=1S/C23H22N6O3/c1-28-20(30)13-18(14-25-28)29-10-7-15(8-11-29)22(31)26-17-5-2-4-16(12-17)23-27-21-19(32-23)6-3-9-24-21/h2-6,9,12-15H,7-8,10-11H2,1H3,(H,26,31). The molecular formula is C23H22N6O3. The van der Waals surface area contributed by atoms with Crippen molar-refractivity contribution in [2.24, 2.45) is 13.0 Å². The van der Waals surface area contributed by atoms with E-state index in [1.54, 1.807) is 31.6 Å². The highest BCUT2D eigenvalue weighted by molar-refractivity contribution is 5.93. The predicted octanol–water partition coefficient (Wildman–Crippen LogP) is 2.84. The van der Waals surface area contributed by atoms with Crippen LogP contribution in [-0.2, 0) is 11.8 Å². The van der Waals surface area contributed by atoms with Crippen molar-refractivity contribution in [2.75, 3.05) is 23.3 Å². The first-order valence-electron chi connectivity index (χ1n) is 10.5. The van der Waals surface area contributed by atoms with Gasteiger partial charge in [-0.3, -0.25) is 9.59 Å². The van der Waals surface area contributed by atoms with E-state index in [1.807, 2.05) is 30.3 Å². The normalized spacial score (nSPS) is 14.6. The molecule has 1 saturated heterocycles. The highest BCUT2D eigenvalue weighted by Crippen LogP contribution is 2.27. The minimum atomic E-state index is -0.142. The summed E-state index contributed by atoms with van der Waals surface area (Å²) in [5, 5.41) is 7.10. The third-order valence-corrected chi connectivity index (χ3v) is 5.73. The molecule has 4 heterocycles. The fourth-order valence-corrected chi connectivity index (χ4v) is 3.90. The Kier molecular flexibility index (Phi) is 5.14. The van der Waals surface area contributed by atoms with Gasteiger partial charge in [-0.05, 0) is 43.2 Å². The summed E-state index contributed by atoms with van der Waals surface area (Å²) >= 11 is 0. The van der Waals surface area contributed by atoms with E-state index in [4.69, 9.17) is 4.42 Å². The lowest BCUT2D eigenvalue weighted by molar-refractivity contribution is -0.120. The molecule has 162 valence electrons. The van der Waals surface area contributed by atoms with E-state index in [0.29, 0.717) is 48.7 Å². The minimum Gasteiger partial charge on any atom is -0.434 e. The van der Waals surface area contributed by atoms with Gasteiger partial charge < -0.3 is 14.6 Å². The Labute approximate surface area is 183 Å². The Bertz CT molecular complexity index is 1300. The lowest BCUT2D eigenvalue weighted by atomic mass is 9.95. The summed E-state index contributed by atoms with van der Waals surface area (Å²) in [5.74, 6) is 0.358. The largest absolute Gasteiger partial charge is 0.434 e. The first-order valence-corrected chi connectivity index (χ1v) is 10.5. The number of carbonyl (C=O) groups is 1. The van der Waals surface area contributed by atoms with Gasteiger partial charge in [-0.15, -0.1) is 0 Å². The zero-order valence-corrected chi connectivity index (χ0v) is 17.6. The van der Waals surface area contributed by atoms with E-state index in [9.17, 15) is 9.59 Å². The Morgan fingerprint density at radius 1 is 1.16 bits per heavy atom. The lowest BCUT2D eigenvalue weighted by Gasteiger charge is -2.32. The molecule has 1 N–H and O–H groups in total. The average molecular weight is 430 g/mol. The van der Waals surface area contributed by atoms with Gasteiger partial charge in [0.05, 0.1) is 11.9 Å². The van der Waals surface area contributed by atoms with E-state index in [0.717, 1.165) is 11.3 Å². The Morgan fingerprint density at radius 3 is 2.78 bits per heavy atom. The number of oxazole rings is 1. The predicted molar refractivity (Wildman–Crippen MR) is 120 cm³/mol. The number of fused-ring (bicyclic) bond motifs is 1. The highest BCUT2D eigenvalue weighted by Gasteiger charge is 2.25. The third-order valence-electron chi connectivity index (χ3n) is 5.73. The maximum absolute atomic E-state index is 12.9. The van der Waals surface area contributed by atoms with Crippen molar-refractivity contribution in [2.45, 2.75) is 12.8 Å². The molecule has 0 bridgehead atoms. The van der Waals surface area contributed by atoms with Gasteiger partial charge in [0.25, 0.3) is 5.56 Å². The molecule has 3 aromatic heterocycles. The fraction of sp³-hybridized carbons (Fsp3) is 0.261. The third kappa shape index (κ3) is 3.96. The van der Waals surface area contributed by atoms with Crippen molar-refractivity contribution in [3.63, 3.8) is 0 Å². The number of nitrogens with one attached hydrogen (secondary N) is 1. The van der Waals surface area contributed by atoms with Crippen LogP contribution in [0, 0.1) is 5.92 Å². The quantitative estimate of drug-likeness (QED) is 0.531. The van der Waals surface area contributed by atoms with Gasteiger partial charge in [-0.2, -0.15) is 10.1 Å². The molecule has 0 saturated carbocycles. The van der Waals surface area contributed by atoms with E-state index >= 15 is 0 Å². The van der Waals surface area contributed by atoms with Crippen molar-refractivity contribution in [1.82, 2.24) is 19.7 Å². The summed E-state index contributed by atoms with van der Waals surface area (Å²) < 4.78 is 7.08. The highest BCUT2D eigenvalue weighted by atomic mass is 16.3. The topological polar surface area (TPSA) is 106 Å². The average Bonchev–Trinajstić information content (AvgIpc) is 3.26. The number of benzene rings is 1. The molecule has 0 atom stereocenters. The second-order valence-corrected chi connectivity index (χ2v) is 7.85. The number of carbonyl (C=O) groups excluding carboxylic acids is 1. The number of aryl methyl sites for hydroxylation is 1. The van der Waals surface area contributed by atoms with Crippen molar-refractivity contribution in [3.8, 4) is 11.5 Å². The van der Waals surface area contributed by atoms with E-state index < -0.39 is 0 Å². The first-order chi connectivity index (χ1) is 15.6.